The monoisotopic (exact) mass is 326 g/mol. The van der Waals surface area contributed by atoms with Crippen LogP contribution in [0, 0.1) is 5.92 Å². The Morgan fingerprint density at radius 2 is 2.04 bits per heavy atom. The third kappa shape index (κ3) is 2.81. The first-order valence-corrected chi connectivity index (χ1v) is 9.18. The Morgan fingerprint density at radius 1 is 1.21 bits per heavy atom. The Balaban J connectivity index is 1.46. The molecule has 0 saturated carbocycles. The third-order valence-electron chi connectivity index (χ3n) is 5.73. The molecule has 2 atom stereocenters. The highest BCUT2D eigenvalue weighted by Gasteiger charge is 2.33. The van der Waals surface area contributed by atoms with Crippen LogP contribution in [0.1, 0.15) is 42.6 Å². The maximum atomic E-state index is 12.7. The number of para-hydroxylation sites is 1. The van der Waals surface area contributed by atoms with Gasteiger partial charge in [0.2, 0.25) is 0 Å². The van der Waals surface area contributed by atoms with Gasteiger partial charge in [0.25, 0.3) is 5.91 Å². The molecule has 1 aromatic heterocycles. The van der Waals surface area contributed by atoms with Crippen molar-refractivity contribution in [2.75, 3.05) is 19.6 Å². The molecule has 2 fully saturated rings. The van der Waals surface area contributed by atoms with Crippen LogP contribution in [0.3, 0.4) is 0 Å². The normalized spacial score (nSPS) is 24.7. The van der Waals surface area contributed by atoms with Gasteiger partial charge in [0.1, 0.15) is 0 Å². The van der Waals surface area contributed by atoms with Gasteiger partial charge in [-0.3, -0.25) is 9.48 Å². The lowest BCUT2D eigenvalue weighted by atomic mass is 9.83. The molecule has 0 bridgehead atoms. The molecule has 4 rings (SSSR count). The standard InChI is InChI=1S/C19H26N4O/c1-22-17-10-3-2-8-15(17)18(21-22)19(24)20-13-14-7-6-12-23-11-5-4-9-16(14)23/h2-3,8,10,14,16H,4-7,9,11-13H2,1H3,(H,20,24)/t14-,16-/m1/s1. The zero-order chi connectivity index (χ0) is 16.5. The first-order chi connectivity index (χ1) is 11.7. The number of rotatable bonds is 3. The number of benzene rings is 1. The summed E-state index contributed by atoms with van der Waals surface area (Å²) in [5.74, 6) is 0.540. The molecule has 1 amide bonds. The van der Waals surface area contributed by atoms with Gasteiger partial charge in [-0.15, -0.1) is 0 Å². The van der Waals surface area contributed by atoms with Crippen LogP contribution in [-0.2, 0) is 7.05 Å². The van der Waals surface area contributed by atoms with Gasteiger partial charge < -0.3 is 10.2 Å². The van der Waals surface area contributed by atoms with Crippen molar-refractivity contribution in [1.29, 1.82) is 0 Å². The van der Waals surface area contributed by atoms with E-state index in [0.29, 0.717) is 17.7 Å². The van der Waals surface area contributed by atoms with E-state index in [1.165, 1.54) is 45.2 Å². The second kappa shape index (κ2) is 6.55. The molecule has 1 aromatic carbocycles. The summed E-state index contributed by atoms with van der Waals surface area (Å²) in [6, 6.07) is 8.57. The second-order valence-corrected chi connectivity index (χ2v) is 7.20. The molecule has 2 aliphatic heterocycles. The van der Waals surface area contributed by atoms with Gasteiger partial charge in [-0.05, 0) is 50.8 Å². The number of carbonyl (C=O) groups excluding carboxylic acids is 1. The van der Waals surface area contributed by atoms with Crippen LogP contribution in [0.5, 0.6) is 0 Å². The van der Waals surface area contributed by atoms with Crippen molar-refractivity contribution in [1.82, 2.24) is 20.0 Å². The number of amides is 1. The minimum absolute atomic E-state index is 0.0419. The van der Waals surface area contributed by atoms with Gasteiger partial charge in [-0.25, -0.2) is 0 Å². The Kier molecular flexibility index (Phi) is 4.27. The highest BCUT2D eigenvalue weighted by Crippen LogP contribution is 2.30. The van der Waals surface area contributed by atoms with Crippen molar-refractivity contribution in [3.63, 3.8) is 0 Å². The van der Waals surface area contributed by atoms with Crippen LogP contribution in [0.15, 0.2) is 24.3 Å². The lowest BCUT2D eigenvalue weighted by Crippen LogP contribution is -2.51. The fourth-order valence-corrected chi connectivity index (χ4v) is 4.50. The van der Waals surface area contributed by atoms with Gasteiger partial charge in [-0.1, -0.05) is 24.6 Å². The number of hydrogen-bond acceptors (Lipinski definition) is 3. The molecular weight excluding hydrogens is 300 g/mol. The average molecular weight is 326 g/mol. The van der Waals surface area contributed by atoms with Gasteiger partial charge in [0.15, 0.2) is 5.69 Å². The van der Waals surface area contributed by atoms with Gasteiger partial charge >= 0.3 is 0 Å². The molecule has 5 nitrogen and oxygen atoms in total. The quantitative estimate of drug-likeness (QED) is 0.943. The summed E-state index contributed by atoms with van der Waals surface area (Å²) in [4.78, 5) is 15.3. The Morgan fingerprint density at radius 3 is 2.96 bits per heavy atom. The maximum absolute atomic E-state index is 12.7. The lowest BCUT2D eigenvalue weighted by Gasteiger charge is -2.44. The van der Waals surface area contributed by atoms with Gasteiger partial charge in [-0.2, -0.15) is 5.10 Å². The fraction of sp³-hybridized carbons (Fsp3) is 0.579. The average Bonchev–Trinajstić information content (AvgIpc) is 2.97. The summed E-state index contributed by atoms with van der Waals surface area (Å²) in [6.45, 7) is 3.24. The Hall–Kier alpha value is -1.88. The van der Waals surface area contributed by atoms with E-state index in [-0.39, 0.29) is 5.91 Å². The number of piperidine rings is 2. The predicted octanol–water partition coefficient (Wildman–Crippen LogP) is 2.57. The van der Waals surface area contributed by atoms with Gasteiger partial charge in [0.05, 0.1) is 5.52 Å². The zero-order valence-corrected chi connectivity index (χ0v) is 14.4. The summed E-state index contributed by atoms with van der Waals surface area (Å²) in [6.07, 6.45) is 6.42. The summed E-state index contributed by atoms with van der Waals surface area (Å²) in [5.41, 5.74) is 1.54. The minimum atomic E-state index is -0.0419. The smallest absolute Gasteiger partial charge is 0.272 e. The van der Waals surface area contributed by atoms with Crippen LogP contribution in [0.4, 0.5) is 0 Å². The molecule has 1 N–H and O–H groups in total. The highest BCUT2D eigenvalue weighted by atomic mass is 16.1. The number of nitrogens with one attached hydrogen (secondary N) is 1. The minimum Gasteiger partial charge on any atom is -0.350 e. The van der Waals surface area contributed by atoms with E-state index in [4.69, 9.17) is 0 Å². The number of fused-ring (bicyclic) bond motifs is 2. The van der Waals surface area contributed by atoms with Crippen molar-refractivity contribution in [2.45, 2.75) is 38.1 Å². The number of hydrogen-bond donors (Lipinski definition) is 1. The fourth-order valence-electron chi connectivity index (χ4n) is 4.50. The Bertz CT molecular complexity index is 736. The molecule has 5 heteroatoms. The molecule has 0 unspecified atom stereocenters. The molecule has 2 aliphatic rings. The molecule has 2 aromatic rings. The highest BCUT2D eigenvalue weighted by molar-refractivity contribution is 6.04. The first kappa shape index (κ1) is 15.6. The van der Waals surface area contributed by atoms with Crippen molar-refractivity contribution < 1.29 is 4.79 Å². The van der Waals surface area contributed by atoms with E-state index in [2.05, 4.69) is 15.3 Å². The van der Waals surface area contributed by atoms with Crippen LogP contribution >= 0.6 is 0 Å². The molecule has 3 heterocycles. The zero-order valence-electron chi connectivity index (χ0n) is 14.4. The summed E-state index contributed by atoms with van der Waals surface area (Å²) >= 11 is 0. The van der Waals surface area contributed by atoms with Crippen LogP contribution < -0.4 is 5.32 Å². The van der Waals surface area contributed by atoms with Crippen LogP contribution in [-0.4, -0.2) is 46.3 Å². The Labute approximate surface area is 143 Å². The number of aryl methyl sites for hydroxylation is 1. The SMILES string of the molecule is Cn1nc(C(=O)NC[C@H]2CCCN3CCCC[C@H]23)c2ccccc21. The number of carbonyl (C=O) groups is 1. The van der Waals surface area contributed by atoms with Crippen molar-refractivity contribution in [3.05, 3.63) is 30.0 Å². The van der Waals surface area contributed by atoms with Crippen molar-refractivity contribution in [2.24, 2.45) is 13.0 Å². The second-order valence-electron chi connectivity index (χ2n) is 7.20. The molecule has 128 valence electrons. The van der Waals surface area contributed by atoms with Crippen molar-refractivity contribution >= 4 is 16.8 Å². The molecular formula is C19H26N4O. The summed E-state index contributed by atoms with van der Waals surface area (Å²) in [7, 11) is 1.89. The lowest BCUT2D eigenvalue weighted by molar-refractivity contribution is 0.0575. The van der Waals surface area contributed by atoms with E-state index in [1.807, 2.05) is 31.3 Å². The molecule has 0 aliphatic carbocycles. The van der Waals surface area contributed by atoms with Crippen LogP contribution in [0.25, 0.3) is 10.9 Å². The number of aromatic nitrogens is 2. The summed E-state index contributed by atoms with van der Waals surface area (Å²) in [5, 5.41) is 8.53. The molecule has 24 heavy (non-hydrogen) atoms. The van der Waals surface area contributed by atoms with E-state index in [9.17, 15) is 4.79 Å². The first-order valence-electron chi connectivity index (χ1n) is 9.18. The maximum Gasteiger partial charge on any atom is 0.272 e. The van der Waals surface area contributed by atoms with E-state index in [0.717, 1.165) is 17.4 Å². The van der Waals surface area contributed by atoms with E-state index >= 15 is 0 Å². The molecule has 0 radical (unpaired) electrons. The van der Waals surface area contributed by atoms with E-state index < -0.39 is 0 Å². The van der Waals surface area contributed by atoms with Crippen molar-refractivity contribution in [3.8, 4) is 0 Å². The van der Waals surface area contributed by atoms with E-state index in [1.54, 1.807) is 4.68 Å². The number of nitrogens with zero attached hydrogens (tertiary/aromatic N) is 3. The topological polar surface area (TPSA) is 50.2 Å². The summed E-state index contributed by atoms with van der Waals surface area (Å²) < 4.78 is 1.79. The van der Waals surface area contributed by atoms with Crippen LogP contribution in [0.2, 0.25) is 0 Å². The largest absolute Gasteiger partial charge is 0.350 e. The predicted molar refractivity (Wildman–Crippen MR) is 95.0 cm³/mol. The molecule has 0 spiro atoms. The third-order valence-corrected chi connectivity index (χ3v) is 5.73. The van der Waals surface area contributed by atoms with Gasteiger partial charge in [0, 0.05) is 25.0 Å². The molecule has 2 saturated heterocycles.